The Bertz CT molecular complexity index is 1620. The molecule has 4 aromatic heterocycles. The molecule has 0 spiro atoms. The van der Waals surface area contributed by atoms with E-state index in [1.54, 1.807) is 12.1 Å². The molecule has 4 N–H and O–H groups in total. The fraction of sp³-hybridized carbons (Fsp3) is 0.310. The van der Waals surface area contributed by atoms with Crippen molar-refractivity contribution in [1.82, 2.24) is 30.4 Å². The lowest BCUT2D eigenvalue weighted by Gasteiger charge is -2.18. The first-order valence-corrected chi connectivity index (χ1v) is 13.8. The van der Waals surface area contributed by atoms with E-state index in [-0.39, 0.29) is 32.5 Å². The minimum Gasteiger partial charge on any atom is -0.464 e. The highest BCUT2D eigenvalue weighted by molar-refractivity contribution is 6.30. The lowest BCUT2D eigenvalue weighted by atomic mass is 9.92. The average Bonchev–Trinajstić information content (AvgIpc) is 2.92. The maximum Gasteiger partial charge on any atom is 0.360 e. The summed E-state index contributed by atoms with van der Waals surface area (Å²) in [7, 11) is 1.28. The molecule has 0 saturated heterocycles. The van der Waals surface area contributed by atoms with Crippen molar-refractivity contribution < 1.29 is 14.3 Å². The third-order valence-corrected chi connectivity index (χ3v) is 6.07. The van der Waals surface area contributed by atoms with Gasteiger partial charge in [0.1, 0.15) is 11.6 Å². The number of carbonyl (C=O) groups excluding carboxylic acids is 2. The van der Waals surface area contributed by atoms with Crippen LogP contribution in [0.2, 0.25) is 10.3 Å². The largest absolute Gasteiger partial charge is 0.464 e. The smallest absolute Gasteiger partial charge is 0.360 e. The molecule has 43 heavy (non-hydrogen) atoms. The molecule has 0 aliphatic heterocycles. The van der Waals surface area contributed by atoms with E-state index in [2.05, 4.69) is 87.3 Å². The molecule has 0 radical (unpaired) electrons. The van der Waals surface area contributed by atoms with Crippen molar-refractivity contribution in [3.63, 3.8) is 0 Å². The highest BCUT2D eigenvalue weighted by Crippen LogP contribution is 2.26. The van der Waals surface area contributed by atoms with Gasteiger partial charge >= 0.3 is 5.97 Å². The molecule has 0 aliphatic rings. The molecular weight excluding hydrogens is 593 g/mol. The van der Waals surface area contributed by atoms with Crippen molar-refractivity contribution >= 4 is 58.1 Å². The Morgan fingerprint density at radius 3 is 1.53 bits per heavy atom. The van der Waals surface area contributed by atoms with Crippen LogP contribution >= 0.6 is 23.2 Å². The minimum atomic E-state index is -0.686. The van der Waals surface area contributed by atoms with Crippen molar-refractivity contribution in [2.45, 2.75) is 52.4 Å². The highest BCUT2D eigenvalue weighted by atomic mass is 35.5. The summed E-state index contributed by atoms with van der Waals surface area (Å²) in [6, 6.07) is 14.2. The molecular formula is C29H33Cl2N9O3. The maximum atomic E-state index is 11.7. The monoisotopic (exact) mass is 625 g/mol. The van der Waals surface area contributed by atoms with Crippen molar-refractivity contribution in [2.75, 3.05) is 17.7 Å². The Kier molecular flexibility index (Phi) is 10.5. The van der Waals surface area contributed by atoms with E-state index >= 15 is 0 Å². The van der Waals surface area contributed by atoms with Gasteiger partial charge in [0.25, 0.3) is 5.91 Å². The average molecular weight is 627 g/mol. The van der Waals surface area contributed by atoms with E-state index in [1.807, 2.05) is 24.3 Å². The molecule has 0 atom stereocenters. The molecule has 14 heteroatoms. The van der Waals surface area contributed by atoms with Crippen molar-refractivity contribution in [2.24, 2.45) is 5.73 Å². The molecule has 12 nitrogen and oxygen atoms in total. The third kappa shape index (κ3) is 9.29. The summed E-state index contributed by atoms with van der Waals surface area (Å²) in [5.41, 5.74) is 7.78. The fourth-order valence-electron chi connectivity index (χ4n) is 3.48. The number of hydrogen-bond donors (Lipinski definition) is 3. The van der Waals surface area contributed by atoms with E-state index in [0.29, 0.717) is 23.0 Å². The van der Waals surface area contributed by atoms with Crippen LogP contribution in [0.15, 0.2) is 48.5 Å². The van der Waals surface area contributed by atoms with Gasteiger partial charge < -0.3 is 21.1 Å². The Morgan fingerprint density at radius 1 is 0.721 bits per heavy atom. The summed E-state index contributed by atoms with van der Waals surface area (Å²) in [6.45, 7) is 12.4. The van der Waals surface area contributed by atoms with Crippen LogP contribution in [0.4, 0.5) is 23.0 Å². The number of anilines is 4. The Labute approximate surface area is 259 Å². The van der Waals surface area contributed by atoms with Gasteiger partial charge in [-0.3, -0.25) is 4.79 Å². The summed E-state index contributed by atoms with van der Waals surface area (Å²) in [5.74, 6) is -0.122. The minimum absolute atomic E-state index is 0.0161. The zero-order valence-electron chi connectivity index (χ0n) is 24.9. The first-order chi connectivity index (χ1) is 20.1. The molecule has 0 aliphatic carbocycles. The number of nitrogens with one attached hydrogen (secondary N) is 2. The number of hydrogen-bond acceptors (Lipinski definition) is 11. The molecule has 0 unspecified atom stereocenters. The Balaban J connectivity index is 0.000000236. The molecule has 0 fully saturated rings. The number of ether oxygens (including phenoxy) is 1. The quantitative estimate of drug-likeness (QED) is 0.214. The first kappa shape index (κ1) is 33.1. The number of aromatic nitrogens is 6. The van der Waals surface area contributed by atoms with Gasteiger partial charge in [0.2, 0.25) is 0 Å². The van der Waals surface area contributed by atoms with Gasteiger partial charge in [0.05, 0.1) is 18.5 Å². The topological polar surface area (TPSA) is 171 Å². The van der Waals surface area contributed by atoms with Crippen LogP contribution in [0.25, 0.3) is 0 Å². The molecule has 226 valence electrons. The van der Waals surface area contributed by atoms with Gasteiger partial charge in [-0.05, 0) is 24.3 Å². The van der Waals surface area contributed by atoms with Gasteiger partial charge in [-0.1, -0.05) is 76.9 Å². The number of carbonyl (C=O) groups is 2. The van der Waals surface area contributed by atoms with Gasteiger partial charge in [-0.25, -0.2) is 14.8 Å². The summed E-state index contributed by atoms with van der Waals surface area (Å²) < 4.78 is 4.69. The molecule has 0 bridgehead atoms. The SMILES string of the molecule is CC(C)(C)c1cccc(Nc2cc(Cl)nnc2C(N)=O)n1.COC(=O)c1nnc(Cl)cc1Nc1cccc(C(C)(C)C)n1. The summed E-state index contributed by atoms with van der Waals surface area (Å²) in [5, 5.41) is 21.1. The molecule has 4 rings (SSSR count). The standard InChI is InChI=1S/C15H17ClN4O2.C14H16ClN5O/c1-15(2,3)10-6-5-7-12(18-10)17-9-8-11(16)19-20-13(9)14(21)22-4;1-14(2,3)9-5-4-6-11(18-9)17-8-7-10(15)19-20-12(8)13(16)21/h5-8H,1-4H3,(H,17,18,19);4-7H,1-3H3,(H2,16,21)(H,17,18,19). The number of pyridine rings is 2. The summed E-state index contributed by atoms with van der Waals surface area (Å²) in [4.78, 5) is 32.2. The molecule has 4 aromatic rings. The van der Waals surface area contributed by atoms with Gasteiger partial charge in [0, 0.05) is 34.4 Å². The Hall–Kier alpha value is -4.42. The van der Waals surface area contributed by atoms with Crippen LogP contribution in [-0.2, 0) is 15.6 Å². The van der Waals surface area contributed by atoms with Crippen molar-refractivity contribution in [3.8, 4) is 0 Å². The van der Waals surface area contributed by atoms with Crippen LogP contribution in [0.1, 0.15) is 73.9 Å². The predicted molar refractivity (Wildman–Crippen MR) is 166 cm³/mol. The second-order valence-electron chi connectivity index (χ2n) is 11.3. The number of methoxy groups -OCH3 is 1. The third-order valence-electron chi connectivity index (χ3n) is 5.70. The Morgan fingerprint density at radius 2 is 1.14 bits per heavy atom. The van der Waals surface area contributed by atoms with Gasteiger partial charge in [-0.15, -0.1) is 20.4 Å². The zero-order valence-corrected chi connectivity index (χ0v) is 26.4. The molecule has 4 heterocycles. The van der Waals surface area contributed by atoms with Crippen molar-refractivity contribution in [3.05, 3.63) is 81.6 Å². The van der Waals surface area contributed by atoms with Gasteiger partial charge in [0.15, 0.2) is 21.7 Å². The fourth-order valence-corrected chi connectivity index (χ4v) is 3.77. The number of esters is 1. The second kappa shape index (κ2) is 13.7. The van der Waals surface area contributed by atoms with Crippen LogP contribution in [-0.4, -0.2) is 49.3 Å². The van der Waals surface area contributed by atoms with E-state index < -0.39 is 11.9 Å². The first-order valence-electron chi connectivity index (χ1n) is 13.0. The van der Waals surface area contributed by atoms with E-state index in [4.69, 9.17) is 28.9 Å². The maximum absolute atomic E-state index is 11.7. The van der Waals surface area contributed by atoms with E-state index in [0.717, 1.165) is 11.4 Å². The normalized spacial score (nSPS) is 11.2. The molecule has 1 amide bonds. The summed E-state index contributed by atoms with van der Waals surface area (Å²) in [6.07, 6.45) is 0. The summed E-state index contributed by atoms with van der Waals surface area (Å²) >= 11 is 11.7. The number of amides is 1. The number of primary amides is 1. The van der Waals surface area contributed by atoms with Crippen LogP contribution in [0.3, 0.4) is 0 Å². The van der Waals surface area contributed by atoms with E-state index in [1.165, 1.54) is 19.2 Å². The van der Waals surface area contributed by atoms with Gasteiger partial charge in [-0.2, -0.15) is 0 Å². The zero-order chi connectivity index (χ0) is 31.9. The van der Waals surface area contributed by atoms with Crippen molar-refractivity contribution in [1.29, 1.82) is 0 Å². The van der Waals surface area contributed by atoms with E-state index in [9.17, 15) is 9.59 Å². The molecule has 0 saturated carbocycles. The predicted octanol–water partition coefficient (Wildman–Crippen LogP) is 6.02. The van der Waals surface area contributed by atoms with Crippen LogP contribution in [0, 0.1) is 0 Å². The number of rotatable bonds is 6. The lowest BCUT2D eigenvalue weighted by Crippen LogP contribution is -2.17. The number of nitrogens with zero attached hydrogens (tertiary/aromatic N) is 6. The van der Waals surface area contributed by atoms with Crippen LogP contribution in [0.5, 0.6) is 0 Å². The second-order valence-corrected chi connectivity index (χ2v) is 12.1. The highest BCUT2D eigenvalue weighted by Gasteiger charge is 2.19. The number of halogens is 2. The lowest BCUT2D eigenvalue weighted by molar-refractivity contribution is 0.0594. The molecule has 0 aromatic carbocycles. The number of nitrogens with two attached hydrogens (primary N) is 1. The van der Waals surface area contributed by atoms with Crippen LogP contribution < -0.4 is 16.4 Å².